The summed E-state index contributed by atoms with van der Waals surface area (Å²) in [5.74, 6) is -1.12. The van der Waals surface area contributed by atoms with E-state index in [9.17, 15) is 9.59 Å². The monoisotopic (exact) mass is 273 g/mol. The molecule has 1 rings (SSSR count). The smallest absolute Gasteiger partial charge is 0.411 e. The van der Waals surface area contributed by atoms with Crippen LogP contribution in [0.3, 0.4) is 0 Å². The van der Waals surface area contributed by atoms with Gasteiger partial charge in [0.25, 0.3) is 0 Å². The Kier molecular flexibility index (Phi) is 3.68. The first-order valence-electron chi connectivity index (χ1n) is 3.92. The summed E-state index contributed by atoms with van der Waals surface area (Å²) in [4.78, 5) is 21.7. The maximum absolute atomic E-state index is 10.9. The Hall–Kier alpha value is -1.56. The number of ether oxygens (including phenoxy) is 1. The molecule has 1 aromatic carbocycles. The van der Waals surface area contributed by atoms with Crippen molar-refractivity contribution in [3.05, 3.63) is 28.2 Å². The van der Waals surface area contributed by atoms with Crippen molar-refractivity contribution in [3.8, 4) is 0 Å². The molecule has 6 heteroatoms. The molecule has 80 valence electrons. The van der Waals surface area contributed by atoms with Crippen LogP contribution >= 0.6 is 15.9 Å². The second-order valence-electron chi connectivity index (χ2n) is 2.61. The Labute approximate surface area is 94.2 Å². The molecule has 0 radical (unpaired) electrons. The van der Waals surface area contributed by atoms with Crippen molar-refractivity contribution in [3.63, 3.8) is 0 Å². The highest BCUT2D eigenvalue weighted by atomic mass is 79.9. The normalized spacial score (nSPS) is 9.47. The van der Waals surface area contributed by atoms with E-state index < -0.39 is 12.1 Å². The van der Waals surface area contributed by atoms with Crippen molar-refractivity contribution >= 4 is 33.7 Å². The number of carboxylic acids is 1. The number of nitrogens with one attached hydrogen (secondary N) is 1. The molecule has 0 aromatic heterocycles. The van der Waals surface area contributed by atoms with Gasteiger partial charge in [-0.3, -0.25) is 5.32 Å². The number of hydrogen-bond donors (Lipinski definition) is 2. The van der Waals surface area contributed by atoms with Crippen molar-refractivity contribution in [1.82, 2.24) is 0 Å². The molecule has 15 heavy (non-hydrogen) atoms. The molecule has 0 atom stereocenters. The summed E-state index contributed by atoms with van der Waals surface area (Å²) < 4.78 is 5.04. The van der Waals surface area contributed by atoms with Gasteiger partial charge in [0.05, 0.1) is 18.4 Å². The van der Waals surface area contributed by atoms with E-state index in [4.69, 9.17) is 5.11 Å². The van der Waals surface area contributed by atoms with Crippen molar-refractivity contribution < 1.29 is 19.4 Å². The van der Waals surface area contributed by atoms with Crippen LogP contribution in [0.5, 0.6) is 0 Å². The quantitative estimate of drug-likeness (QED) is 0.867. The fraction of sp³-hybridized carbons (Fsp3) is 0.111. The van der Waals surface area contributed by atoms with E-state index in [1.54, 1.807) is 6.07 Å². The van der Waals surface area contributed by atoms with Gasteiger partial charge in [-0.25, -0.2) is 9.59 Å². The van der Waals surface area contributed by atoms with Crippen molar-refractivity contribution in [2.24, 2.45) is 0 Å². The number of halogens is 1. The third kappa shape index (κ3) is 2.95. The lowest BCUT2D eigenvalue weighted by molar-refractivity contribution is 0.0698. The number of aromatic carboxylic acids is 1. The maximum atomic E-state index is 10.9. The van der Waals surface area contributed by atoms with E-state index in [0.29, 0.717) is 4.47 Å². The van der Waals surface area contributed by atoms with E-state index in [1.807, 2.05) is 0 Å². The Morgan fingerprint density at radius 2 is 2.13 bits per heavy atom. The summed E-state index contributed by atoms with van der Waals surface area (Å²) in [5.41, 5.74) is 0.187. The first-order chi connectivity index (χ1) is 7.04. The average molecular weight is 274 g/mol. The number of rotatable bonds is 2. The SMILES string of the molecule is COC(=O)Nc1cc(Br)ccc1C(=O)O. The van der Waals surface area contributed by atoms with Crippen LogP contribution in [0.2, 0.25) is 0 Å². The van der Waals surface area contributed by atoms with E-state index in [2.05, 4.69) is 26.0 Å². The Morgan fingerprint density at radius 1 is 1.47 bits per heavy atom. The average Bonchev–Trinajstić information content (AvgIpc) is 2.17. The first-order valence-corrected chi connectivity index (χ1v) is 4.71. The number of carbonyl (C=O) groups excluding carboxylic acids is 1. The Balaban J connectivity index is 3.07. The molecule has 0 fully saturated rings. The molecule has 0 heterocycles. The number of hydrogen-bond acceptors (Lipinski definition) is 3. The van der Waals surface area contributed by atoms with Gasteiger partial charge in [-0.15, -0.1) is 0 Å². The molecule has 0 saturated carbocycles. The molecule has 0 aliphatic rings. The van der Waals surface area contributed by atoms with E-state index >= 15 is 0 Å². The van der Waals surface area contributed by atoms with E-state index in [-0.39, 0.29) is 11.3 Å². The second-order valence-corrected chi connectivity index (χ2v) is 3.53. The molecule has 0 saturated heterocycles. The standard InChI is InChI=1S/C9H8BrNO4/c1-15-9(14)11-7-4-5(10)2-3-6(7)8(12)13/h2-4H,1H3,(H,11,14)(H,12,13). The van der Waals surface area contributed by atoms with Gasteiger partial charge < -0.3 is 9.84 Å². The van der Waals surface area contributed by atoms with E-state index in [1.165, 1.54) is 19.2 Å². The topological polar surface area (TPSA) is 75.6 Å². The fourth-order valence-corrected chi connectivity index (χ4v) is 1.33. The third-order valence-corrected chi connectivity index (χ3v) is 2.13. The lowest BCUT2D eigenvalue weighted by Crippen LogP contribution is -2.14. The van der Waals surface area contributed by atoms with Crippen LogP contribution in [0.4, 0.5) is 10.5 Å². The van der Waals surface area contributed by atoms with Gasteiger partial charge in [-0.1, -0.05) is 15.9 Å². The van der Waals surface area contributed by atoms with Gasteiger partial charge in [0.2, 0.25) is 0 Å². The highest BCUT2D eigenvalue weighted by Gasteiger charge is 2.12. The van der Waals surface area contributed by atoms with Gasteiger partial charge in [0.1, 0.15) is 0 Å². The minimum atomic E-state index is -1.12. The number of carbonyl (C=O) groups is 2. The second kappa shape index (κ2) is 4.79. The minimum Gasteiger partial charge on any atom is -0.478 e. The van der Waals surface area contributed by atoms with Crippen LogP contribution in [0, 0.1) is 0 Å². The lowest BCUT2D eigenvalue weighted by Gasteiger charge is -2.07. The number of benzene rings is 1. The van der Waals surface area contributed by atoms with Crippen molar-refractivity contribution in [2.45, 2.75) is 0 Å². The Morgan fingerprint density at radius 3 is 2.67 bits per heavy atom. The molecule has 0 aliphatic heterocycles. The molecule has 0 unspecified atom stereocenters. The van der Waals surface area contributed by atoms with Crippen molar-refractivity contribution in [2.75, 3.05) is 12.4 Å². The van der Waals surface area contributed by atoms with Gasteiger partial charge in [-0.05, 0) is 18.2 Å². The van der Waals surface area contributed by atoms with Crippen LogP contribution in [-0.4, -0.2) is 24.3 Å². The number of anilines is 1. The van der Waals surface area contributed by atoms with Crippen LogP contribution < -0.4 is 5.32 Å². The summed E-state index contributed by atoms with van der Waals surface area (Å²) in [7, 11) is 1.20. The maximum Gasteiger partial charge on any atom is 0.411 e. The fourth-order valence-electron chi connectivity index (χ4n) is 0.967. The molecular weight excluding hydrogens is 266 g/mol. The van der Waals surface area contributed by atoms with Crippen molar-refractivity contribution in [1.29, 1.82) is 0 Å². The molecular formula is C9H8BrNO4. The van der Waals surface area contributed by atoms with Crippen LogP contribution in [0.25, 0.3) is 0 Å². The zero-order valence-electron chi connectivity index (χ0n) is 7.78. The highest BCUT2D eigenvalue weighted by molar-refractivity contribution is 9.10. The molecule has 0 bridgehead atoms. The van der Waals surface area contributed by atoms with Gasteiger partial charge in [0.15, 0.2) is 0 Å². The number of carboxylic acid groups (broad SMARTS) is 1. The predicted octanol–water partition coefficient (Wildman–Crippen LogP) is 2.33. The van der Waals surface area contributed by atoms with Gasteiger partial charge in [0, 0.05) is 4.47 Å². The molecule has 0 spiro atoms. The number of amides is 1. The first kappa shape index (κ1) is 11.5. The molecule has 5 nitrogen and oxygen atoms in total. The third-order valence-electron chi connectivity index (χ3n) is 1.63. The largest absolute Gasteiger partial charge is 0.478 e. The summed E-state index contributed by atoms with van der Waals surface area (Å²) in [6, 6.07) is 4.45. The zero-order valence-corrected chi connectivity index (χ0v) is 9.37. The highest BCUT2D eigenvalue weighted by Crippen LogP contribution is 2.21. The summed E-state index contributed by atoms with van der Waals surface area (Å²) >= 11 is 3.17. The van der Waals surface area contributed by atoms with E-state index in [0.717, 1.165) is 0 Å². The van der Waals surface area contributed by atoms with Gasteiger partial charge in [-0.2, -0.15) is 0 Å². The number of methoxy groups -OCH3 is 1. The summed E-state index contributed by atoms with van der Waals surface area (Å²) in [6.07, 6.45) is -0.712. The van der Waals surface area contributed by atoms with Crippen LogP contribution in [0.15, 0.2) is 22.7 Å². The predicted molar refractivity (Wildman–Crippen MR) is 57.1 cm³/mol. The summed E-state index contributed by atoms with van der Waals surface area (Å²) in [6.45, 7) is 0. The van der Waals surface area contributed by atoms with Crippen LogP contribution in [-0.2, 0) is 4.74 Å². The summed E-state index contributed by atoms with van der Waals surface area (Å²) in [5, 5.41) is 11.1. The zero-order chi connectivity index (χ0) is 11.4. The molecule has 1 amide bonds. The van der Waals surface area contributed by atoms with Gasteiger partial charge >= 0.3 is 12.1 Å². The minimum absolute atomic E-state index is 0.00333. The molecule has 1 aromatic rings. The van der Waals surface area contributed by atoms with Crippen LogP contribution in [0.1, 0.15) is 10.4 Å². The molecule has 2 N–H and O–H groups in total. The lowest BCUT2D eigenvalue weighted by atomic mass is 10.2. The molecule has 0 aliphatic carbocycles. The Bertz CT molecular complexity index is 405.